The first-order valence-corrected chi connectivity index (χ1v) is 30.7. The van der Waals surface area contributed by atoms with Crippen molar-refractivity contribution in [3.05, 3.63) is 12.2 Å². The lowest BCUT2D eigenvalue weighted by Gasteiger charge is -2.51. The molecule has 0 aliphatic rings. The van der Waals surface area contributed by atoms with Crippen LogP contribution in [0.25, 0.3) is 0 Å². The molecule has 0 aromatic rings. The predicted molar refractivity (Wildman–Crippen MR) is 169 cm³/mol. The van der Waals surface area contributed by atoms with Crippen LogP contribution in [-0.4, -0.2) is 81.6 Å². The van der Waals surface area contributed by atoms with Crippen LogP contribution in [0.4, 0.5) is 0 Å². The van der Waals surface area contributed by atoms with E-state index in [1.165, 1.54) is 0 Å². The first-order chi connectivity index (χ1) is 16.7. The Bertz CT molecular complexity index is 770. The highest BCUT2D eigenvalue weighted by Crippen LogP contribution is 2.43. The molecule has 0 aliphatic carbocycles. The van der Waals surface area contributed by atoms with E-state index in [9.17, 15) is 9.90 Å². The van der Waals surface area contributed by atoms with Crippen molar-refractivity contribution in [3.8, 4) is 0 Å². The quantitative estimate of drug-likeness (QED) is 0.0553. The number of rotatable bonds is 18. The third kappa shape index (κ3) is 13.7. The lowest BCUT2D eigenvalue weighted by molar-refractivity contribution is -0.457. The number of carbonyl (C=O) groups is 1. The molecule has 9 nitrogen and oxygen atoms in total. The van der Waals surface area contributed by atoms with Crippen LogP contribution in [0.3, 0.4) is 0 Å². The minimum atomic E-state index is -3.40. The molecule has 0 bridgehead atoms. The van der Waals surface area contributed by atoms with E-state index in [1.807, 2.05) is 45.8 Å². The molecule has 0 saturated carbocycles. The van der Waals surface area contributed by atoms with Gasteiger partial charge >= 0.3 is 14.8 Å². The Balaban J connectivity index is 7.20. The summed E-state index contributed by atoms with van der Waals surface area (Å²) in [6, 6.07) is 0.925. The van der Waals surface area contributed by atoms with Crippen molar-refractivity contribution in [2.24, 2.45) is 0 Å². The summed E-state index contributed by atoms with van der Waals surface area (Å²) < 4.78 is 38.5. The zero-order valence-corrected chi connectivity index (χ0v) is 33.7. The van der Waals surface area contributed by atoms with Crippen LogP contribution < -0.4 is 0 Å². The maximum Gasteiger partial charge on any atom is 0.506 e. The zero-order chi connectivity index (χ0) is 30.4. The van der Waals surface area contributed by atoms with E-state index in [2.05, 4.69) is 45.9 Å². The van der Waals surface area contributed by atoms with Crippen LogP contribution in [0, 0.1) is 0 Å². The maximum atomic E-state index is 13.0. The van der Waals surface area contributed by atoms with Crippen molar-refractivity contribution in [2.75, 3.05) is 6.61 Å². The molecule has 0 aromatic heterocycles. The van der Waals surface area contributed by atoms with Gasteiger partial charge in [-0.25, -0.2) is 14.3 Å². The van der Waals surface area contributed by atoms with Crippen molar-refractivity contribution in [2.45, 2.75) is 122 Å². The Morgan fingerprint density at radius 2 is 1.21 bits per heavy atom. The van der Waals surface area contributed by atoms with Gasteiger partial charge in [0.15, 0.2) is 33.3 Å². The summed E-state index contributed by atoms with van der Waals surface area (Å²) in [6.07, 6.45) is 0.948. The van der Waals surface area contributed by atoms with Gasteiger partial charge in [-0.15, -0.1) is 0 Å². The molecule has 2 atom stereocenters. The summed E-state index contributed by atoms with van der Waals surface area (Å²) in [6.45, 7) is 30.6. The Morgan fingerprint density at radius 1 is 0.789 bits per heavy atom. The topological polar surface area (TPSA) is 102 Å². The SMILES string of the molecule is C=C(C)C(=O)OC(CO)(O[Si](C)(C)C)C(CCC[SiH3])(OO[Si](C)(O[Si](C)(C)C)O[Si](C)(C)C)O[Si](C)(C)C. The van der Waals surface area contributed by atoms with Gasteiger partial charge in [0.1, 0.15) is 6.61 Å². The average molecular weight is 645 g/mol. The van der Waals surface area contributed by atoms with Crippen molar-refractivity contribution in [1.29, 1.82) is 0 Å². The lowest BCUT2D eigenvalue weighted by atomic mass is 10.0. The molecule has 0 rings (SSSR count). The fourth-order valence-corrected chi connectivity index (χ4v) is 16.6. The van der Waals surface area contributed by atoms with Crippen LogP contribution >= 0.6 is 0 Å². The molecular formula is C23H56O9Si6. The van der Waals surface area contributed by atoms with E-state index in [-0.39, 0.29) is 12.0 Å². The minimum Gasteiger partial charge on any atom is -0.422 e. The van der Waals surface area contributed by atoms with Gasteiger partial charge in [0.2, 0.25) is 0 Å². The highest BCUT2D eigenvalue weighted by atomic mass is 28.5. The second-order valence-corrected chi connectivity index (χ2v) is 35.7. The molecule has 0 saturated heterocycles. The Hall–Kier alpha value is 0.231. The molecule has 0 fully saturated rings. The molecule has 0 spiro atoms. The predicted octanol–water partition coefficient (Wildman–Crippen LogP) is 4.98. The Morgan fingerprint density at radius 3 is 1.53 bits per heavy atom. The smallest absolute Gasteiger partial charge is 0.422 e. The summed E-state index contributed by atoms with van der Waals surface area (Å²) in [4.78, 5) is 19.4. The molecular weight excluding hydrogens is 589 g/mol. The summed E-state index contributed by atoms with van der Waals surface area (Å²) in [5.74, 6) is -4.49. The summed E-state index contributed by atoms with van der Waals surface area (Å²) in [5.41, 5.74) is 0.163. The van der Waals surface area contributed by atoms with E-state index >= 15 is 0 Å². The normalized spacial score (nSPS) is 17.1. The summed E-state index contributed by atoms with van der Waals surface area (Å²) in [5, 5.41) is 11.0. The van der Waals surface area contributed by atoms with E-state index in [0.717, 1.165) is 16.3 Å². The van der Waals surface area contributed by atoms with Gasteiger partial charge in [0, 0.05) is 28.8 Å². The maximum absolute atomic E-state index is 13.0. The van der Waals surface area contributed by atoms with Gasteiger partial charge in [-0.05, 0) is 85.5 Å². The van der Waals surface area contributed by atoms with Crippen LogP contribution in [0.15, 0.2) is 12.2 Å². The molecule has 1 N–H and O–H groups in total. The molecule has 0 radical (unpaired) electrons. The standard InChI is InChI=1S/C23H56O9Si6/c1-20(2)21(25)26-23(19-24,29-35(6,7)8)22(17-16-18-33,28-34(3,4)5)27-30-38(15,31-36(9,10)11)32-37(12,13)14/h24H,1,16-19H2,2-15,33H3. The molecule has 15 heteroatoms. The molecule has 38 heavy (non-hydrogen) atoms. The molecule has 0 heterocycles. The van der Waals surface area contributed by atoms with Crippen LogP contribution in [0.2, 0.25) is 91.2 Å². The second kappa shape index (κ2) is 13.9. The summed E-state index contributed by atoms with van der Waals surface area (Å²) in [7, 11) is -11.7. The number of hydrogen-bond donors (Lipinski definition) is 1. The van der Waals surface area contributed by atoms with Crippen LogP contribution in [0.5, 0.6) is 0 Å². The zero-order valence-electron chi connectivity index (χ0n) is 26.7. The third-order valence-corrected chi connectivity index (χ3v) is 15.3. The third-order valence-electron chi connectivity index (χ3n) is 4.51. The van der Waals surface area contributed by atoms with Crippen molar-refractivity contribution < 1.29 is 41.2 Å². The molecule has 226 valence electrons. The van der Waals surface area contributed by atoms with Gasteiger partial charge in [-0.3, -0.25) is 0 Å². The molecule has 0 amide bonds. The molecule has 0 aromatic carbocycles. The highest BCUT2D eigenvalue weighted by Gasteiger charge is 2.63. The van der Waals surface area contributed by atoms with Crippen molar-refractivity contribution >= 4 is 58.3 Å². The van der Waals surface area contributed by atoms with E-state index in [4.69, 9.17) is 31.3 Å². The number of carbonyl (C=O) groups excluding carboxylic acids is 1. The number of hydrogen-bond acceptors (Lipinski definition) is 9. The van der Waals surface area contributed by atoms with Crippen LogP contribution in [0.1, 0.15) is 19.8 Å². The average Bonchev–Trinajstić information content (AvgIpc) is 2.64. The van der Waals surface area contributed by atoms with Gasteiger partial charge in [0.25, 0.3) is 11.6 Å². The fraction of sp³-hybridized carbons (Fsp3) is 0.870. The minimum absolute atomic E-state index is 0.163. The van der Waals surface area contributed by atoms with E-state index in [1.54, 1.807) is 6.92 Å². The molecule has 0 aliphatic heterocycles. The van der Waals surface area contributed by atoms with Crippen molar-refractivity contribution in [3.63, 3.8) is 0 Å². The van der Waals surface area contributed by atoms with Gasteiger partial charge in [-0.2, -0.15) is 0 Å². The van der Waals surface area contributed by atoms with Crippen molar-refractivity contribution in [1.82, 2.24) is 0 Å². The largest absolute Gasteiger partial charge is 0.506 e. The van der Waals surface area contributed by atoms with E-state index in [0.29, 0.717) is 6.42 Å². The number of aliphatic hydroxyl groups is 1. The van der Waals surface area contributed by atoms with Gasteiger partial charge in [0.05, 0.1) is 0 Å². The van der Waals surface area contributed by atoms with Gasteiger partial charge in [-0.1, -0.05) is 19.0 Å². The molecule has 2 unspecified atom stereocenters. The lowest BCUT2D eigenvalue weighted by Crippen LogP contribution is -2.69. The summed E-state index contributed by atoms with van der Waals surface area (Å²) >= 11 is 0. The number of aliphatic hydroxyl groups excluding tert-OH is 1. The number of esters is 1. The number of ether oxygens (including phenoxy) is 1. The first kappa shape index (κ1) is 38.2. The Kier molecular flexibility index (Phi) is 14.0. The van der Waals surface area contributed by atoms with E-state index < -0.39 is 66.2 Å². The monoisotopic (exact) mass is 644 g/mol. The van der Waals surface area contributed by atoms with Gasteiger partial charge < -0.3 is 26.9 Å². The van der Waals surface area contributed by atoms with Crippen LogP contribution in [-0.2, 0) is 36.1 Å². The fourth-order valence-electron chi connectivity index (χ4n) is 3.75. The second-order valence-electron chi connectivity index (χ2n) is 13.8. The Labute approximate surface area is 240 Å². The first-order valence-electron chi connectivity index (χ1n) is 13.4. The highest BCUT2D eigenvalue weighted by molar-refractivity contribution is 6.85.